The van der Waals surface area contributed by atoms with Gasteiger partial charge in [-0.1, -0.05) is 0 Å². The first-order valence-electron chi connectivity index (χ1n) is 6.80. The summed E-state index contributed by atoms with van der Waals surface area (Å²) in [6, 6.07) is 5.66. The van der Waals surface area contributed by atoms with Gasteiger partial charge in [0.1, 0.15) is 0 Å². The molecule has 0 saturated carbocycles. The molecule has 1 aromatic carbocycles. The average Bonchev–Trinajstić information content (AvgIpc) is 2.47. The highest BCUT2D eigenvalue weighted by atomic mass is 35.5. The van der Waals surface area contributed by atoms with Crippen molar-refractivity contribution in [3.63, 3.8) is 0 Å². The normalized spacial score (nSPS) is 20.8. The Kier molecular flexibility index (Phi) is 5.50. The van der Waals surface area contributed by atoms with Crippen LogP contribution >= 0.6 is 24.2 Å². The fraction of sp³-hybridized carbons (Fsp3) is 0.429. The molecule has 0 bridgehead atoms. The number of anilines is 1. The van der Waals surface area contributed by atoms with Crippen LogP contribution in [0, 0.1) is 0 Å². The van der Waals surface area contributed by atoms with E-state index in [1.165, 1.54) is 11.8 Å². The molecule has 1 aromatic rings. The van der Waals surface area contributed by atoms with Crippen molar-refractivity contribution in [2.75, 3.05) is 24.2 Å². The van der Waals surface area contributed by atoms with Crippen LogP contribution in [0.1, 0.15) is 23.2 Å². The number of carbonyl (C=O) groups excluding carboxylic acids is 2. The summed E-state index contributed by atoms with van der Waals surface area (Å²) in [5.74, 6) is 0.342. The second kappa shape index (κ2) is 7.15. The maximum absolute atomic E-state index is 12.2. The Morgan fingerprint density at radius 2 is 2.24 bits per heavy atom. The highest BCUT2D eigenvalue weighted by molar-refractivity contribution is 8.00. The molecule has 3 N–H and O–H groups in total. The van der Waals surface area contributed by atoms with Crippen molar-refractivity contribution in [1.82, 2.24) is 10.6 Å². The Bertz CT molecular complexity index is 547. The van der Waals surface area contributed by atoms with E-state index >= 15 is 0 Å². The number of halogens is 1. The molecule has 0 aliphatic carbocycles. The van der Waals surface area contributed by atoms with E-state index < -0.39 is 0 Å². The van der Waals surface area contributed by atoms with Gasteiger partial charge in [-0.05, 0) is 37.6 Å². The first-order valence-corrected chi connectivity index (χ1v) is 7.79. The van der Waals surface area contributed by atoms with Crippen LogP contribution in [0.5, 0.6) is 0 Å². The summed E-state index contributed by atoms with van der Waals surface area (Å²) in [4.78, 5) is 24.6. The third-order valence-corrected chi connectivity index (χ3v) is 4.58. The molecule has 2 aliphatic heterocycles. The van der Waals surface area contributed by atoms with Crippen molar-refractivity contribution in [3.05, 3.63) is 23.8 Å². The number of carbonyl (C=O) groups is 2. The monoisotopic (exact) mass is 327 g/mol. The summed E-state index contributed by atoms with van der Waals surface area (Å²) in [5.41, 5.74) is 1.33. The van der Waals surface area contributed by atoms with Crippen molar-refractivity contribution < 1.29 is 9.59 Å². The second-order valence-corrected chi connectivity index (χ2v) is 6.08. The molecule has 2 heterocycles. The number of benzene rings is 1. The van der Waals surface area contributed by atoms with Gasteiger partial charge in [0, 0.05) is 23.0 Å². The third-order valence-electron chi connectivity index (χ3n) is 3.51. The van der Waals surface area contributed by atoms with Gasteiger partial charge in [-0.3, -0.25) is 9.59 Å². The summed E-state index contributed by atoms with van der Waals surface area (Å²) in [6.45, 7) is 1.84. The number of rotatable bonds is 2. The molecule has 7 heteroatoms. The van der Waals surface area contributed by atoms with Crippen molar-refractivity contribution in [2.45, 2.75) is 23.8 Å². The lowest BCUT2D eigenvalue weighted by Crippen LogP contribution is -2.45. The van der Waals surface area contributed by atoms with Crippen molar-refractivity contribution in [3.8, 4) is 0 Å². The molecule has 3 rings (SSSR count). The third kappa shape index (κ3) is 3.90. The van der Waals surface area contributed by atoms with Gasteiger partial charge < -0.3 is 16.0 Å². The van der Waals surface area contributed by atoms with Crippen molar-refractivity contribution >= 4 is 41.7 Å². The zero-order valence-corrected chi connectivity index (χ0v) is 13.1. The van der Waals surface area contributed by atoms with Crippen molar-refractivity contribution in [2.24, 2.45) is 0 Å². The number of amides is 2. The van der Waals surface area contributed by atoms with Gasteiger partial charge in [0.25, 0.3) is 5.91 Å². The molecular weight excluding hydrogens is 310 g/mol. The van der Waals surface area contributed by atoms with Crippen LogP contribution < -0.4 is 16.0 Å². The van der Waals surface area contributed by atoms with E-state index in [-0.39, 0.29) is 30.3 Å². The molecule has 114 valence electrons. The van der Waals surface area contributed by atoms with E-state index in [4.69, 9.17) is 0 Å². The van der Waals surface area contributed by atoms with E-state index in [1.807, 2.05) is 12.1 Å². The SMILES string of the molecule is Cl.O=C1CSc2ccc(C(=O)NC3CCCNC3)cc2N1. The van der Waals surface area contributed by atoms with Crippen LogP contribution in [0.15, 0.2) is 23.1 Å². The zero-order valence-electron chi connectivity index (χ0n) is 11.5. The van der Waals surface area contributed by atoms with Crippen molar-refractivity contribution in [1.29, 1.82) is 0 Å². The number of piperidine rings is 1. The Morgan fingerprint density at radius 1 is 1.38 bits per heavy atom. The highest BCUT2D eigenvalue weighted by Gasteiger charge is 2.19. The summed E-state index contributed by atoms with van der Waals surface area (Å²) in [5, 5.41) is 9.11. The molecule has 1 fully saturated rings. The van der Waals surface area contributed by atoms with Gasteiger partial charge in [0.15, 0.2) is 0 Å². The molecular formula is C14H18ClN3O2S. The fourth-order valence-corrected chi connectivity index (χ4v) is 3.26. The molecule has 1 unspecified atom stereocenters. The number of thioether (sulfide) groups is 1. The van der Waals surface area contributed by atoms with Gasteiger partial charge in [0.2, 0.25) is 5.91 Å². The summed E-state index contributed by atoms with van der Waals surface area (Å²) >= 11 is 1.50. The first kappa shape index (κ1) is 16.1. The maximum Gasteiger partial charge on any atom is 0.251 e. The van der Waals surface area contributed by atoms with E-state index in [0.717, 1.165) is 36.5 Å². The Morgan fingerprint density at radius 3 is 3.00 bits per heavy atom. The maximum atomic E-state index is 12.2. The molecule has 0 spiro atoms. The van der Waals surface area contributed by atoms with Crippen LogP contribution in [-0.2, 0) is 4.79 Å². The number of fused-ring (bicyclic) bond motifs is 1. The van der Waals surface area contributed by atoms with E-state index in [2.05, 4.69) is 16.0 Å². The Balaban J connectivity index is 0.00000161. The number of hydrogen-bond donors (Lipinski definition) is 3. The fourth-order valence-electron chi connectivity index (χ4n) is 2.47. The van der Waals surface area contributed by atoms with Crippen LogP contribution in [0.3, 0.4) is 0 Å². The predicted octanol–water partition coefficient (Wildman–Crippen LogP) is 1.63. The molecule has 0 radical (unpaired) electrons. The molecule has 5 nitrogen and oxygen atoms in total. The minimum Gasteiger partial charge on any atom is -0.348 e. The lowest BCUT2D eigenvalue weighted by molar-refractivity contribution is -0.113. The van der Waals surface area contributed by atoms with Gasteiger partial charge in [0.05, 0.1) is 11.4 Å². The number of hydrogen-bond acceptors (Lipinski definition) is 4. The smallest absolute Gasteiger partial charge is 0.251 e. The topological polar surface area (TPSA) is 70.2 Å². The van der Waals surface area contributed by atoms with Crippen LogP contribution in [-0.4, -0.2) is 36.7 Å². The lowest BCUT2D eigenvalue weighted by Gasteiger charge is -2.24. The molecule has 1 atom stereocenters. The molecule has 2 amide bonds. The van der Waals surface area contributed by atoms with Gasteiger partial charge in [-0.15, -0.1) is 24.2 Å². The minimum absolute atomic E-state index is 0. The second-order valence-electron chi connectivity index (χ2n) is 5.06. The van der Waals surface area contributed by atoms with Gasteiger partial charge in [-0.25, -0.2) is 0 Å². The largest absolute Gasteiger partial charge is 0.348 e. The van der Waals surface area contributed by atoms with Gasteiger partial charge in [-0.2, -0.15) is 0 Å². The van der Waals surface area contributed by atoms with Gasteiger partial charge >= 0.3 is 0 Å². The molecule has 21 heavy (non-hydrogen) atoms. The lowest BCUT2D eigenvalue weighted by atomic mass is 10.1. The van der Waals surface area contributed by atoms with Crippen LogP contribution in [0.2, 0.25) is 0 Å². The molecule has 1 saturated heterocycles. The van der Waals surface area contributed by atoms with E-state index in [0.29, 0.717) is 11.3 Å². The van der Waals surface area contributed by atoms with E-state index in [1.54, 1.807) is 6.07 Å². The zero-order chi connectivity index (χ0) is 13.9. The summed E-state index contributed by atoms with van der Waals surface area (Å²) < 4.78 is 0. The Labute approximate surface area is 134 Å². The molecule has 0 aromatic heterocycles. The Hall–Kier alpha value is -1.24. The number of nitrogens with one attached hydrogen (secondary N) is 3. The standard InChI is InChI=1S/C14H17N3O2S.ClH/c18-13-8-20-12-4-3-9(6-11(12)17-13)14(19)16-10-2-1-5-15-7-10;/h3-4,6,10,15H,1-2,5,7-8H2,(H,16,19)(H,17,18);1H. The predicted molar refractivity (Wildman–Crippen MR) is 86.4 cm³/mol. The minimum atomic E-state index is -0.0775. The van der Waals surface area contributed by atoms with E-state index in [9.17, 15) is 9.59 Å². The van der Waals surface area contributed by atoms with Crippen LogP contribution in [0.25, 0.3) is 0 Å². The quantitative estimate of drug-likeness (QED) is 0.772. The van der Waals surface area contributed by atoms with Crippen LogP contribution in [0.4, 0.5) is 5.69 Å². The average molecular weight is 328 g/mol. The summed E-state index contributed by atoms with van der Waals surface area (Å²) in [6.07, 6.45) is 2.10. The summed E-state index contributed by atoms with van der Waals surface area (Å²) in [7, 11) is 0. The highest BCUT2D eigenvalue weighted by Crippen LogP contribution is 2.31. The molecule has 2 aliphatic rings. The first-order chi connectivity index (χ1) is 9.72.